The van der Waals surface area contributed by atoms with Crippen LogP contribution in [0.15, 0.2) is 66.1 Å². The molecule has 15 rings (SSSR count). The van der Waals surface area contributed by atoms with Crippen molar-refractivity contribution < 1.29 is 71.9 Å². The maximum absolute atomic E-state index is 13.6. The molecule has 10 atom stereocenters. The van der Waals surface area contributed by atoms with E-state index in [0.29, 0.717) is 18.3 Å². The molecule has 3 aromatic carbocycles. The van der Waals surface area contributed by atoms with Gasteiger partial charge in [-0.2, -0.15) is 0 Å². The summed E-state index contributed by atoms with van der Waals surface area (Å²) in [5, 5.41) is 22.2. The number of hydrogen-bond donors (Lipinski definition) is 2. The van der Waals surface area contributed by atoms with E-state index in [-0.39, 0.29) is 54.2 Å². The topological polar surface area (TPSA) is 186 Å². The van der Waals surface area contributed by atoms with E-state index in [9.17, 15) is 19.8 Å². The van der Waals surface area contributed by atoms with Gasteiger partial charge in [-0.25, -0.2) is 4.79 Å². The molecule has 82 heavy (non-hydrogen) atoms. The standard InChI is InChI=1S/C27H35NO8.C18H20ClNO3.C18H21NO4/c1-16(2)13-26(31,14-23(29)33-4)25(30)36-24-22(32-3)12-19-18-11-21-20(34-15-35-21)10-17(18)6-9-28-8-5-7-27(19,24)28;1-21-15-9-18-4-2-5-20(18)6-3-11-7-13-14(23-10-22-13)8-12(11)16(18)17(15)19;1-21-15-9-18-4-2-5-19(18)6-3-11-7-13-14(23-10-22-13)8-12(11)16(18)17(15)20/h10-12,16,22,24,31H,5-9,13-15H2,1-4H3;7-9,16-17H,2-6,10H2,1H3;7-9,16-17,20H,2-6,10H2,1H3/t22-,24?,26+,27+;2*16-,17?,18+/m011/s1. The van der Waals surface area contributed by atoms with Crippen LogP contribution in [-0.2, 0) is 52.5 Å². The number of rotatable bonds is 9. The molecule has 3 fully saturated rings. The van der Waals surface area contributed by atoms with E-state index in [0.717, 1.165) is 142 Å². The number of allylic oxidation sites excluding steroid dienone is 1. The lowest BCUT2D eigenvalue weighted by atomic mass is 9.78. The first-order chi connectivity index (χ1) is 39.7. The fraction of sp³-hybridized carbons (Fsp3) is 0.587. The van der Waals surface area contributed by atoms with Crippen molar-refractivity contribution in [3.63, 3.8) is 0 Å². The first-order valence-corrected chi connectivity index (χ1v) is 29.7. The highest BCUT2D eigenvalue weighted by atomic mass is 35.5. The molecule has 3 aromatic rings. The average Bonchev–Trinajstić information content (AvgIpc) is 3.69. The van der Waals surface area contributed by atoms with Gasteiger partial charge in [0.1, 0.15) is 23.7 Å². The molecule has 9 heterocycles. The van der Waals surface area contributed by atoms with Crippen LogP contribution in [0.1, 0.15) is 110 Å². The second-order valence-electron chi connectivity index (χ2n) is 24.4. The van der Waals surface area contributed by atoms with E-state index < -0.39 is 47.8 Å². The van der Waals surface area contributed by atoms with Crippen molar-refractivity contribution in [2.75, 3.05) is 88.1 Å². The van der Waals surface area contributed by atoms with Gasteiger partial charge in [-0.1, -0.05) is 13.8 Å². The van der Waals surface area contributed by atoms with Crippen LogP contribution in [0.4, 0.5) is 0 Å². The van der Waals surface area contributed by atoms with Gasteiger partial charge in [-0.05, 0) is 183 Å². The Bertz CT molecular complexity index is 3010. The van der Waals surface area contributed by atoms with Crippen molar-refractivity contribution in [2.24, 2.45) is 5.92 Å². The Labute approximate surface area is 484 Å². The summed E-state index contributed by atoms with van der Waals surface area (Å²) in [6, 6.07) is 12.6. The summed E-state index contributed by atoms with van der Waals surface area (Å²) in [4.78, 5) is 33.2. The lowest BCUT2D eigenvalue weighted by molar-refractivity contribution is -0.187. The van der Waals surface area contributed by atoms with E-state index in [1.165, 1.54) is 35.8 Å². The highest BCUT2D eigenvalue weighted by Gasteiger charge is 2.62. The fourth-order valence-electron chi connectivity index (χ4n) is 16.4. The highest BCUT2D eigenvalue weighted by molar-refractivity contribution is 6.23. The van der Waals surface area contributed by atoms with Gasteiger partial charge in [0.25, 0.3) is 0 Å². The smallest absolute Gasteiger partial charge is 0.339 e. The Hall–Kier alpha value is -5.73. The zero-order valence-corrected chi connectivity index (χ0v) is 48.6. The summed E-state index contributed by atoms with van der Waals surface area (Å²) in [5.74, 6) is 5.09. The van der Waals surface area contributed by atoms with E-state index in [1.807, 2.05) is 32.1 Å². The van der Waals surface area contributed by atoms with Crippen molar-refractivity contribution in [1.82, 2.24) is 14.7 Å². The number of nitrogens with zero attached hydrogens (tertiary/aromatic N) is 3. The Morgan fingerprint density at radius 2 is 1.17 bits per heavy atom. The van der Waals surface area contributed by atoms with Gasteiger partial charge >= 0.3 is 11.9 Å². The molecule has 0 aromatic heterocycles. The van der Waals surface area contributed by atoms with Crippen molar-refractivity contribution in [3.05, 3.63) is 99.5 Å². The number of hydrogen-bond acceptors (Lipinski definition) is 18. The fourth-order valence-corrected chi connectivity index (χ4v) is 16.9. The first-order valence-electron chi connectivity index (χ1n) is 29.3. The quantitative estimate of drug-likeness (QED) is 0.160. The van der Waals surface area contributed by atoms with Crippen molar-refractivity contribution in [2.45, 2.75) is 142 Å². The number of aliphatic hydroxyl groups is 2. The number of halogens is 1. The predicted molar refractivity (Wildman–Crippen MR) is 300 cm³/mol. The number of carbonyl (C=O) groups excluding carboxylic acids is 2. The summed E-state index contributed by atoms with van der Waals surface area (Å²) >= 11 is 6.87. The molecule has 0 bridgehead atoms. The molecule has 3 spiro atoms. The molecular weight excluding hydrogens is 1070 g/mol. The Morgan fingerprint density at radius 1 is 0.671 bits per heavy atom. The van der Waals surface area contributed by atoms with Crippen LogP contribution in [0.2, 0.25) is 0 Å². The molecule has 3 saturated heterocycles. The minimum atomic E-state index is -1.99. The molecule has 2 N–H and O–H groups in total. The van der Waals surface area contributed by atoms with Gasteiger partial charge in [-0.15, -0.1) is 11.6 Å². The SMILES string of the molecule is COC(=O)C[C@](O)(CC(C)C)C(=O)OC1[C@@H](OC)C=C2c3cc4c(cc3CCN3CCC[C@@]213)OCO4.COC1=C[C@]23CCCN2CCc2cc4c(cc2[C@@H]3C1Cl)OCO4.COC1=C[C@]23CCCN2CCc2cc4c(cc2[C@@H]3C1O)OCO4. The monoisotopic (exact) mass is 1150 g/mol. The Morgan fingerprint density at radius 3 is 1.74 bits per heavy atom. The summed E-state index contributed by atoms with van der Waals surface area (Å²) in [6.45, 7) is 10.5. The van der Waals surface area contributed by atoms with Crippen LogP contribution in [-0.4, -0.2) is 171 Å². The number of benzene rings is 3. The molecular formula is C63H76ClN3O15. The van der Waals surface area contributed by atoms with Crippen LogP contribution >= 0.6 is 11.6 Å². The Kier molecular flexibility index (Phi) is 14.5. The maximum atomic E-state index is 13.6. The second kappa shape index (κ2) is 21.4. The highest BCUT2D eigenvalue weighted by Crippen LogP contribution is 2.59. The van der Waals surface area contributed by atoms with Crippen LogP contribution in [0.25, 0.3) is 5.57 Å². The third-order valence-electron chi connectivity index (χ3n) is 19.9. The maximum Gasteiger partial charge on any atom is 0.339 e. The molecule has 19 heteroatoms. The van der Waals surface area contributed by atoms with Gasteiger partial charge in [-0.3, -0.25) is 19.5 Å². The van der Waals surface area contributed by atoms with Crippen molar-refractivity contribution in [1.29, 1.82) is 0 Å². The molecule has 18 nitrogen and oxygen atoms in total. The molecule has 0 amide bonds. The van der Waals surface area contributed by atoms with Crippen LogP contribution in [0.3, 0.4) is 0 Å². The molecule has 440 valence electrons. The van der Waals surface area contributed by atoms with Gasteiger partial charge in [0, 0.05) is 38.6 Å². The van der Waals surface area contributed by atoms with Gasteiger partial charge in [0.2, 0.25) is 20.4 Å². The Balaban J connectivity index is 0.000000120. The minimum absolute atomic E-state index is 0.00327. The molecule has 0 saturated carbocycles. The van der Waals surface area contributed by atoms with E-state index in [1.54, 1.807) is 21.3 Å². The second-order valence-corrected chi connectivity index (χ2v) is 24.9. The lowest BCUT2D eigenvalue weighted by Crippen LogP contribution is -2.57. The van der Waals surface area contributed by atoms with Crippen molar-refractivity contribution in [3.8, 4) is 34.5 Å². The van der Waals surface area contributed by atoms with Crippen LogP contribution in [0, 0.1) is 5.92 Å². The van der Waals surface area contributed by atoms with E-state index in [2.05, 4.69) is 51.1 Å². The minimum Gasteiger partial charge on any atom is -0.500 e. The molecule has 3 unspecified atom stereocenters. The molecule has 12 aliphatic rings. The van der Waals surface area contributed by atoms with Gasteiger partial charge < -0.3 is 62.3 Å². The van der Waals surface area contributed by atoms with Crippen molar-refractivity contribution >= 4 is 29.1 Å². The third-order valence-corrected chi connectivity index (χ3v) is 20.4. The van der Waals surface area contributed by atoms with Gasteiger partial charge in [0.15, 0.2) is 46.2 Å². The summed E-state index contributed by atoms with van der Waals surface area (Å²) in [6.07, 6.45) is 13.5. The summed E-state index contributed by atoms with van der Waals surface area (Å²) in [5.41, 5.74) is 5.64. The zero-order valence-electron chi connectivity index (χ0n) is 47.8. The largest absolute Gasteiger partial charge is 0.500 e. The van der Waals surface area contributed by atoms with E-state index in [4.69, 9.17) is 63.7 Å². The van der Waals surface area contributed by atoms with Crippen LogP contribution in [0.5, 0.6) is 34.5 Å². The summed E-state index contributed by atoms with van der Waals surface area (Å²) < 4.78 is 61.5. The number of ether oxygens (including phenoxy) is 11. The van der Waals surface area contributed by atoms with Gasteiger partial charge in [0.05, 0.1) is 49.7 Å². The molecule has 0 radical (unpaired) electrons. The molecule has 3 aliphatic carbocycles. The molecule has 9 aliphatic heterocycles. The number of esters is 2. The number of carbonyl (C=O) groups is 2. The van der Waals surface area contributed by atoms with Crippen LogP contribution < -0.4 is 28.4 Å². The van der Waals surface area contributed by atoms with E-state index >= 15 is 0 Å². The lowest BCUT2D eigenvalue weighted by Gasteiger charge is -2.43. The summed E-state index contributed by atoms with van der Waals surface area (Å²) in [7, 11) is 6.21. The number of fused-ring (bicyclic) bond motifs is 9. The average molecular weight is 1150 g/mol. The number of alkyl halides is 1. The third kappa shape index (κ3) is 8.85. The number of aliphatic hydroxyl groups excluding tert-OH is 1. The normalized spacial score (nSPS) is 31.6. The number of methoxy groups -OCH3 is 4. The first kappa shape index (κ1) is 55.5. The zero-order chi connectivity index (χ0) is 56.9. The predicted octanol–water partition coefficient (Wildman–Crippen LogP) is 7.31.